The van der Waals surface area contributed by atoms with E-state index in [1.165, 1.54) is 77.3 Å². The number of hydrazine groups is 1. The topological polar surface area (TPSA) is 64.6 Å². The van der Waals surface area contributed by atoms with E-state index in [0.29, 0.717) is 24.4 Å². The summed E-state index contributed by atoms with van der Waals surface area (Å²) >= 11 is 0. The van der Waals surface area contributed by atoms with Crippen LogP contribution in [-0.4, -0.2) is 48.3 Å². The summed E-state index contributed by atoms with van der Waals surface area (Å²) in [6, 6.07) is 0.656. The lowest BCUT2D eigenvalue weighted by Crippen LogP contribution is -2.45. The lowest BCUT2D eigenvalue weighted by atomic mass is 9.69. The average Bonchev–Trinajstić information content (AvgIpc) is 3.17. The number of carboxylic acids is 1. The maximum absolute atomic E-state index is 11.4. The van der Waals surface area contributed by atoms with Gasteiger partial charge in [0.1, 0.15) is 0 Å². The van der Waals surface area contributed by atoms with E-state index in [0.717, 1.165) is 24.8 Å². The maximum Gasteiger partial charge on any atom is 0.307 e. The summed E-state index contributed by atoms with van der Waals surface area (Å²) < 4.78 is 0. The molecule has 5 atom stereocenters. The van der Waals surface area contributed by atoms with Crippen LogP contribution >= 0.6 is 0 Å². The van der Waals surface area contributed by atoms with Gasteiger partial charge < -0.3 is 10.4 Å². The number of aliphatic carboxylic acids is 1. The number of nitrogens with one attached hydrogen (secondary N) is 2. The highest BCUT2D eigenvalue weighted by atomic mass is 16.4. The van der Waals surface area contributed by atoms with Gasteiger partial charge in [0.15, 0.2) is 0 Å². The van der Waals surface area contributed by atoms with Crippen LogP contribution in [0.25, 0.3) is 0 Å². The fraction of sp³-hybridized carbons (Fsp3) is 0.955. The van der Waals surface area contributed by atoms with Crippen molar-refractivity contribution in [1.82, 2.24) is 15.8 Å². The zero-order chi connectivity index (χ0) is 18.6. The van der Waals surface area contributed by atoms with Crippen molar-refractivity contribution < 1.29 is 9.90 Å². The molecule has 5 unspecified atom stereocenters. The van der Waals surface area contributed by atoms with Crippen molar-refractivity contribution in [2.24, 2.45) is 29.6 Å². The Hall–Kier alpha value is -0.650. The quantitative estimate of drug-likeness (QED) is 0.686. The standard InChI is InChI=1S/C22H39N3O2/c26-22(27)20-12-19(13-23-14-20)17-7-4-8-18(11-17)21-9-10-25(24-21)15-16-5-2-1-3-6-16/h16-21,23-24H,1-15H2,(H,26,27). The van der Waals surface area contributed by atoms with Crippen LogP contribution in [0.3, 0.4) is 0 Å². The van der Waals surface area contributed by atoms with Gasteiger partial charge in [0.2, 0.25) is 0 Å². The first-order valence-corrected chi connectivity index (χ1v) is 11.6. The molecule has 0 amide bonds. The van der Waals surface area contributed by atoms with Crippen molar-refractivity contribution in [2.45, 2.75) is 76.7 Å². The molecule has 4 fully saturated rings. The van der Waals surface area contributed by atoms with Crippen LogP contribution in [-0.2, 0) is 4.79 Å². The highest BCUT2D eigenvalue weighted by Gasteiger charge is 2.38. The summed E-state index contributed by atoms with van der Waals surface area (Å²) in [5.74, 6) is 2.17. The Morgan fingerprint density at radius 3 is 2.52 bits per heavy atom. The number of hydrogen-bond donors (Lipinski definition) is 3. The molecule has 0 spiro atoms. The van der Waals surface area contributed by atoms with E-state index in [9.17, 15) is 9.90 Å². The molecule has 2 aliphatic heterocycles. The van der Waals surface area contributed by atoms with Gasteiger partial charge in [0.05, 0.1) is 5.92 Å². The summed E-state index contributed by atoms with van der Waals surface area (Å²) in [6.45, 7) is 4.14. The monoisotopic (exact) mass is 377 g/mol. The van der Waals surface area contributed by atoms with E-state index >= 15 is 0 Å². The molecular weight excluding hydrogens is 338 g/mol. The molecule has 154 valence electrons. The van der Waals surface area contributed by atoms with E-state index in [-0.39, 0.29) is 5.92 Å². The first-order valence-electron chi connectivity index (χ1n) is 11.6. The van der Waals surface area contributed by atoms with Crippen LogP contribution < -0.4 is 10.7 Å². The molecule has 0 bridgehead atoms. The Labute approximate surface area is 164 Å². The van der Waals surface area contributed by atoms with Gasteiger partial charge in [-0.25, -0.2) is 5.01 Å². The maximum atomic E-state index is 11.4. The first kappa shape index (κ1) is 19.7. The van der Waals surface area contributed by atoms with Crippen molar-refractivity contribution in [3.8, 4) is 0 Å². The second-order valence-electron chi connectivity index (χ2n) is 9.85. The highest BCUT2D eigenvalue weighted by molar-refractivity contribution is 5.70. The Kier molecular flexibility index (Phi) is 6.72. The minimum absolute atomic E-state index is 0.181. The summed E-state index contributed by atoms with van der Waals surface area (Å²) in [4.78, 5) is 11.4. The normalized spacial score (nSPS) is 39.5. The fourth-order valence-electron chi connectivity index (χ4n) is 6.41. The molecule has 4 aliphatic rings. The van der Waals surface area contributed by atoms with Gasteiger partial charge in [-0.3, -0.25) is 10.2 Å². The highest BCUT2D eigenvalue weighted by Crippen LogP contribution is 2.40. The van der Waals surface area contributed by atoms with E-state index < -0.39 is 5.97 Å². The Balaban J connectivity index is 1.26. The number of rotatable bonds is 5. The largest absolute Gasteiger partial charge is 0.481 e. The molecule has 0 aromatic heterocycles. The molecule has 0 radical (unpaired) electrons. The zero-order valence-corrected chi connectivity index (χ0v) is 16.9. The molecule has 0 aromatic carbocycles. The molecule has 2 heterocycles. The van der Waals surface area contributed by atoms with Gasteiger partial charge in [-0.05, 0) is 68.7 Å². The minimum atomic E-state index is -0.615. The molecule has 27 heavy (non-hydrogen) atoms. The molecule has 3 N–H and O–H groups in total. The van der Waals surface area contributed by atoms with Crippen molar-refractivity contribution in [2.75, 3.05) is 26.2 Å². The first-order chi connectivity index (χ1) is 13.2. The molecule has 5 heteroatoms. The van der Waals surface area contributed by atoms with Gasteiger partial charge in [-0.1, -0.05) is 32.1 Å². The lowest BCUT2D eigenvalue weighted by molar-refractivity contribution is -0.143. The molecular formula is C22H39N3O2. The number of hydrogen-bond acceptors (Lipinski definition) is 4. The van der Waals surface area contributed by atoms with Crippen molar-refractivity contribution in [3.63, 3.8) is 0 Å². The van der Waals surface area contributed by atoms with Crippen LogP contribution in [0, 0.1) is 29.6 Å². The van der Waals surface area contributed by atoms with Crippen LogP contribution in [0.15, 0.2) is 0 Å². The summed E-state index contributed by atoms with van der Waals surface area (Å²) in [5, 5.41) is 15.3. The predicted molar refractivity (Wildman–Crippen MR) is 107 cm³/mol. The number of piperidine rings is 1. The molecule has 4 rings (SSSR count). The van der Waals surface area contributed by atoms with Gasteiger partial charge in [-0.2, -0.15) is 0 Å². The van der Waals surface area contributed by atoms with Gasteiger partial charge in [-0.15, -0.1) is 0 Å². The third-order valence-corrected chi connectivity index (χ3v) is 7.99. The second-order valence-corrected chi connectivity index (χ2v) is 9.85. The van der Waals surface area contributed by atoms with Crippen molar-refractivity contribution in [3.05, 3.63) is 0 Å². The van der Waals surface area contributed by atoms with Gasteiger partial charge in [0, 0.05) is 25.7 Å². The minimum Gasteiger partial charge on any atom is -0.481 e. The molecule has 2 saturated heterocycles. The van der Waals surface area contributed by atoms with E-state index in [1.807, 2.05) is 0 Å². The van der Waals surface area contributed by atoms with Crippen LogP contribution in [0.1, 0.15) is 70.6 Å². The second kappa shape index (κ2) is 9.23. The Bertz CT molecular complexity index is 494. The number of nitrogens with zero attached hydrogens (tertiary/aromatic N) is 1. The zero-order valence-electron chi connectivity index (χ0n) is 16.9. The van der Waals surface area contributed by atoms with E-state index in [4.69, 9.17) is 0 Å². The third-order valence-electron chi connectivity index (χ3n) is 7.99. The van der Waals surface area contributed by atoms with E-state index in [1.54, 1.807) is 0 Å². The molecule has 0 aromatic rings. The third kappa shape index (κ3) is 5.04. The van der Waals surface area contributed by atoms with Gasteiger partial charge in [0.25, 0.3) is 0 Å². The number of carbonyl (C=O) groups is 1. The molecule has 5 nitrogen and oxygen atoms in total. The Morgan fingerprint density at radius 2 is 1.70 bits per heavy atom. The summed E-state index contributed by atoms with van der Waals surface area (Å²) in [5.41, 5.74) is 3.88. The smallest absolute Gasteiger partial charge is 0.307 e. The molecule has 2 saturated carbocycles. The van der Waals surface area contributed by atoms with Crippen molar-refractivity contribution >= 4 is 5.97 Å². The lowest BCUT2D eigenvalue weighted by Gasteiger charge is -2.40. The average molecular weight is 378 g/mol. The fourth-order valence-corrected chi connectivity index (χ4v) is 6.41. The summed E-state index contributed by atoms with van der Waals surface area (Å²) in [6.07, 6.45) is 14.6. The van der Waals surface area contributed by atoms with Crippen molar-refractivity contribution in [1.29, 1.82) is 0 Å². The van der Waals surface area contributed by atoms with Crippen LogP contribution in [0.5, 0.6) is 0 Å². The summed E-state index contributed by atoms with van der Waals surface area (Å²) in [7, 11) is 0. The number of carboxylic acid groups (broad SMARTS) is 1. The van der Waals surface area contributed by atoms with Crippen LogP contribution in [0.2, 0.25) is 0 Å². The SMILES string of the molecule is O=C(O)C1CNCC(C2CCCC(C3CCN(CC4CCCCC4)N3)C2)C1. The van der Waals surface area contributed by atoms with E-state index in [2.05, 4.69) is 15.8 Å². The van der Waals surface area contributed by atoms with Gasteiger partial charge >= 0.3 is 5.97 Å². The Morgan fingerprint density at radius 1 is 0.889 bits per heavy atom. The van der Waals surface area contributed by atoms with Crippen LogP contribution in [0.4, 0.5) is 0 Å². The molecule has 2 aliphatic carbocycles. The predicted octanol–water partition coefficient (Wildman–Crippen LogP) is 3.26.